The van der Waals surface area contributed by atoms with Gasteiger partial charge in [0.2, 0.25) is 18.6 Å². The second-order valence-electron chi connectivity index (χ2n) is 5.64. The fraction of sp³-hybridized carbons (Fsp3) is 0.467. The van der Waals surface area contributed by atoms with E-state index >= 15 is 0 Å². The summed E-state index contributed by atoms with van der Waals surface area (Å²) in [7, 11) is 0. The van der Waals surface area contributed by atoms with Crippen LogP contribution in [-0.2, 0) is 9.59 Å². The lowest BCUT2D eigenvalue weighted by Crippen LogP contribution is -2.46. The molecule has 7 heteroatoms. The van der Waals surface area contributed by atoms with Crippen LogP contribution < -0.4 is 19.7 Å². The van der Waals surface area contributed by atoms with Crippen LogP contribution in [0.4, 0.5) is 11.4 Å². The molecule has 22 heavy (non-hydrogen) atoms. The number of amides is 2. The van der Waals surface area contributed by atoms with Crippen molar-refractivity contribution in [3.05, 3.63) is 12.1 Å². The smallest absolute Gasteiger partial charge is 0.246 e. The van der Waals surface area contributed by atoms with Crippen molar-refractivity contribution in [2.75, 3.05) is 43.2 Å². The van der Waals surface area contributed by atoms with Crippen LogP contribution in [0, 0.1) is 0 Å². The molecule has 1 N–H and O–H groups in total. The second-order valence-corrected chi connectivity index (χ2v) is 5.64. The number of fused-ring (bicyclic) bond motifs is 2. The summed E-state index contributed by atoms with van der Waals surface area (Å²) >= 11 is 0. The molecule has 1 aromatic rings. The van der Waals surface area contributed by atoms with Crippen molar-refractivity contribution in [2.24, 2.45) is 0 Å². The monoisotopic (exact) mass is 303 g/mol. The van der Waals surface area contributed by atoms with Gasteiger partial charge in [0.1, 0.15) is 6.54 Å². The molecule has 3 aliphatic rings. The Bertz CT molecular complexity index is 640. The van der Waals surface area contributed by atoms with Crippen LogP contribution in [-0.4, -0.2) is 49.7 Å². The van der Waals surface area contributed by atoms with Crippen molar-refractivity contribution < 1.29 is 19.1 Å². The average Bonchev–Trinajstić information content (AvgIpc) is 3.18. The van der Waals surface area contributed by atoms with Crippen molar-refractivity contribution in [1.82, 2.24) is 4.90 Å². The van der Waals surface area contributed by atoms with Crippen LogP contribution in [0.5, 0.6) is 11.5 Å². The topological polar surface area (TPSA) is 71.1 Å². The molecule has 2 amide bonds. The lowest BCUT2D eigenvalue weighted by atomic mass is 10.1. The lowest BCUT2D eigenvalue weighted by Gasteiger charge is -2.31. The summed E-state index contributed by atoms with van der Waals surface area (Å²) in [5.41, 5.74) is 1.46. The maximum absolute atomic E-state index is 12.4. The molecule has 0 bridgehead atoms. The predicted octanol–water partition coefficient (Wildman–Crippen LogP) is 0.796. The summed E-state index contributed by atoms with van der Waals surface area (Å²) in [4.78, 5) is 27.9. The maximum atomic E-state index is 12.4. The molecule has 1 aromatic carbocycles. The van der Waals surface area contributed by atoms with E-state index in [-0.39, 0.29) is 31.7 Å². The minimum absolute atomic E-state index is 0.00336. The molecule has 116 valence electrons. The number of ether oxygens (including phenoxy) is 2. The van der Waals surface area contributed by atoms with Crippen LogP contribution >= 0.6 is 0 Å². The van der Waals surface area contributed by atoms with Gasteiger partial charge >= 0.3 is 0 Å². The molecule has 0 radical (unpaired) electrons. The van der Waals surface area contributed by atoms with Crippen LogP contribution in [0.25, 0.3) is 0 Å². The van der Waals surface area contributed by atoms with Crippen LogP contribution in [0.3, 0.4) is 0 Å². The highest BCUT2D eigenvalue weighted by molar-refractivity contribution is 6.06. The molecule has 0 aromatic heterocycles. The van der Waals surface area contributed by atoms with Gasteiger partial charge in [-0.25, -0.2) is 0 Å². The Labute approximate surface area is 127 Å². The molecule has 0 spiro atoms. The molecule has 4 rings (SSSR count). The minimum atomic E-state index is -0.112. The molecule has 3 heterocycles. The van der Waals surface area contributed by atoms with E-state index in [4.69, 9.17) is 9.47 Å². The number of likely N-dealkylation sites (tertiary alicyclic amines) is 1. The number of nitrogens with one attached hydrogen (secondary N) is 1. The predicted molar refractivity (Wildman–Crippen MR) is 79.2 cm³/mol. The van der Waals surface area contributed by atoms with E-state index < -0.39 is 0 Å². The maximum Gasteiger partial charge on any atom is 0.246 e. The molecule has 0 atom stereocenters. The number of carbonyl (C=O) groups excluding carboxylic acids is 2. The fourth-order valence-electron chi connectivity index (χ4n) is 3.07. The number of carbonyl (C=O) groups is 2. The Balaban J connectivity index is 1.62. The Kier molecular flexibility index (Phi) is 3.06. The Morgan fingerprint density at radius 3 is 2.68 bits per heavy atom. The molecule has 1 saturated heterocycles. The molecule has 7 nitrogen and oxygen atoms in total. The van der Waals surface area contributed by atoms with Crippen molar-refractivity contribution in [2.45, 2.75) is 12.8 Å². The summed E-state index contributed by atoms with van der Waals surface area (Å²) in [5.74, 6) is 1.15. The van der Waals surface area contributed by atoms with Gasteiger partial charge in [-0.1, -0.05) is 0 Å². The highest BCUT2D eigenvalue weighted by atomic mass is 16.7. The standard InChI is InChI=1S/C15H17N3O4/c19-14-7-16-10-5-12-13(22-9-21-12)6-11(10)18(14)8-15(20)17-3-1-2-4-17/h5-6,16H,1-4,7-9H2. The first-order valence-electron chi connectivity index (χ1n) is 7.48. The molecule has 3 aliphatic heterocycles. The Morgan fingerprint density at radius 1 is 1.18 bits per heavy atom. The van der Waals surface area contributed by atoms with E-state index in [1.54, 1.807) is 6.07 Å². The molecular weight excluding hydrogens is 286 g/mol. The zero-order valence-corrected chi connectivity index (χ0v) is 12.1. The zero-order chi connectivity index (χ0) is 15.1. The van der Waals surface area contributed by atoms with Gasteiger partial charge in [0.05, 0.1) is 17.9 Å². The van der Waals surface area contributed by atoms with Gasteiger partial charge in [-0.15, -0.1) is 0 Å². The third-order valence-corrected chi connectivity index (χ3v) is 4.26. The normalized spacial score (nSPS) is 19.2. The summed E-state index contributed by atoms with van der Waals surface area (Å²) in [6.45, 7) is 2.01. The average molecular weight is 303 g/mol. The molecule has 0 saturated carbocycles. The number of benzene rings is 1. The van der Waals surface area contributed by atoms with Gasteiger partial charge in [0, 0.05) is 25.2 Å². The van der Waals surface area contributed by atoms with Crippen LogP contribution in [0.1, 0.15) is 12.8 Å². The number of rotatable bonds is 2. The largest absolute Gasteiger partial charge is 0.454 e. The third kappa shape index (κ3) is 2.13. The number of nitrogens with zero attached hydrogens (tertiary/aromatic N) is 2. The van der Waals surface area contributed by atoms with E-state index in [0.29, 0.717) is 17.2 Å². The third-order valence-electron chi connectivity index (χ3n) is 4.26. The van der Waals surface area contributed by atoms with Gasteiger partial charge in [-0.3, -0.25) is 14.5 Å². The quantitative estimate of drug-likeness (QED) is 0.875. The number of anilines is 2. The van der Waals surface area contributed by atoms with Crippen molar-refractivity contribution in [3.8, 4) is 11.5 Å². The van der Waals surface area contributed by atoms with E-state index in [2.05, 4.69) is 5.32 Å². The fourth-order valence-corrected chi connectivity index (χ4v) is 3.07. The molecule has 0 aliphatic carbocycles. The van der Waals surface area contributed by atoms with Crippen molar-refractivity contribution in [1.29, 1.82) is 0 Å². The molecule has 1 fully saturated rings. The zero-order valence-electron chi connectivity index (χ0n) is 12.1. The summed E-state index contributed by atoms with van der Waals surface area (Å²) in [6.07, 6.45) is 2.08. The summed E-state index contributed by atoms with van der Waals surface area (Å²) in [6, 6.07) is 3.58. The first kappa shape index (κ1) is 13.2. The van der Waals surface area contributed by atoms with Gasteiger partial charge < -0.3 is 19.7 Å². The number of hydrogen-bond acceptors (Lipinski definition) is 5. The molecule has 0 unspecified atom stereocenters. The highest BCUT2D eigenvalue weighted by Crippen LogP contribution is 2.42. The number of hydrogen-bond donors (Lipinski definition) is 1. The van der Waals surface area contributed by atoms with Crippen molar-refractivity contribution in [3.63, 3.8) is 0 Å². The Morgan fingerprint density at radius 2 is 1.91 bits per heavy atom. The Hall–Kier alpha value is -2.44. The summed E-state index contributed by atoms with van der Waals surface area (Å²) < 4.78 is 10.7. The van der Waals surface area contributed by atoms with E-state index in [0.717, 1.165) is 31.6 Å². The second kappa shape index (κ2) is 5.08. The van der Waals surface area contributed by atoms with Crippen LogP contribution in [0.15, 0.2) is 12.1 Å². The highest BCUT2D eigenvalue weighted by Gasteiger charge is 2.30. The van der Waals surface area contributed by atoms with Crippen molar-refractivity contribution >= 4 is 23.2 Å². The minimum Gasteiger partial charge on any atom is -0.454 e. The first-order valence-corrected chi connectivity index (χ1v) is 7.48. The van der Waals surface area contributed by atoms with Gasteiger partial charge in [-0.05, 0) is 12.8 Å². The SMILES string of the molecule is O=C(CN1C(=O)CNc2cc3c(cc21)OCO3)N1CCCC1. The van der Waals surface area contributed by atoms with Gasteiger partial charge in [0.15, 0.2) is 11.5 Å². The van der Waals surface area contributed by atoms with Gasteiger partial charge in [-0.2, -0.15) is 0 Å². The van der Waals surface area contributed by atoms with E-state index in [9.17, 15) is 9.59 Å². The lowest BCUT2D eigenvalue weighted by molar-refractivity contribution is -0.130. The van der Waals surface area contributed by atoms with Gasteiger partial charge in [0.25, 0.3) is 0 Å². The van der Waals surface area contributed by atoms with E-state index in [1.807, 2.05) is 11.0 Å². The van der Waals surface area contributed by atoms with Crippen LogP contribution in [0.2, 0.25) is 0 Å². The summed E-state index contributed by atoms with van der Waals surface area (Å²) in [5, 5.41) is 3.06. The molecular formula is C15H17N3O4. The first-order chi connectivity index (χ1) is 10.7. The van der Waals surface area contributed by atoms with E-state index in [1.165, 1.54) is 4.90 Å².